The Labute approximate surface area is 99.8 Å². The van der Waals surface area contributed by atoms with Gasteiger partial charge in [-0.25, -0.2) is 13.4 Å². The number of aliphatic hydroxyl groups excluding tert-OH is 1. The molecule has 8 heteroatoms. The largest absolute Gasteiger partial charge is 0.392 e. The van der Waals surface area contributed by atoms with E-state index in [9.17, 15) is 8.42 Å². The molecule has 2 heterocycles. The van der Waals surface area contributed by atoms with Crippen molar-refractivity contribution in [3.63, 3.8) is 0 Å². The van der Waals surface area contributed by atoms with E-state index in [2.05, 4.69) is 15.0 Å². The van der Waals surface area contributed by atoms with E-state index in [1.165, 1.54) is 6.20 Å². The van der Waals surface area contributed by atoms with Gasteiger partial charge in [0.2, 0.25) is 0 Å². The third kappa shape index (κ3) is 2.83. The van der Waals surface area contributed by atoms with E-state index >= 15 is 0 Å². The van der Waals surface area contributed by atoms with E-state index in [1.54, 1.807) is 5.01 Å². The molecule has 0 amide bonds. The summed E-state index contributed by atoms with van der Waals surface area (Å²) in [6.45, 7) is 1.07. The number of sulfonamides is 1. The quantitative estimate of drug-likeness (QED) is 0.683. The predicted octanol–water partition coefficient (Wildman–Crippen LogP) is -0.419. The lowest BCUT2D eigenvalue weighted by Crippen LogP contribution is -2.45. The van der Waals surface area contributed by atoms with Crippen molar-refractivity contribution >= 4 is 10.0 Å². The first-order valence-electron chi connectivity index (χ1n) is 5.54. The lowest BCUT2D eigenvalue weighted by molar-refractivity contribution is 0.199. The fourth-order valence-electron chi connectivity index (χ4n) is 1.85. The summed E-state index contributed by atoms with van der Waals surface area (Å²) in [6, 6.07) is 0. The number of aromatic nitrogens is 2. The summed E-state index contributed by atoms with van der Waals surface area (Å²) < 4.78 is 24.0. The maximum atomic E-state index is 12.0. The number of rotatable bonds is 4. The molecule has 1 aliphatic heterocycles. The number of aliphatic hydroxyl groups is 1. The van der Waals surface area contributed by atoms with Crippen LogP contribution in [-0.4, -0.2) is 41.8 Å². The summed E-state index contributed by atoms with van der Waals surface area (Å²) in [4.78, 5) is 2.50. The molecule has 0 unspecified atom stereocenters. The molecule has 1 saturated heterocycles. The molecule has 1 aromatic rings. The number of piperidine rings is 1. The van der Waals surface area contributed by atoms with Gasteiger partial charge in [-0.05, 0) is 12.8 Å². The first-order valence-corrected chi connectivity index (χ1v) is 7.02. The monoisotopic (exact) mass is 260 g/mol. The van der Waals surface area contributed by atoms with Crippen molar-refractivity contribution in [3.8, 4) is 0 Å². The Morgan fingerprint density at radius 1 is 1.41 bits per heavy atom. The number of hydrogen-bond acceptors (Lipinski definition) is 5. The van der Waals surface area contributed by atoms with Crippen LogP contribution >= 0.6 is 0 Å². The lowest BCUT2D eigenvalue weighted by Gasteiger charge is -2.26. The van der Waals surface area contributed by atoms with Crippen molar-refractivity contribution in [1.82, 2.24) is 20.0 Å². The molecule has 0 saturated carbocycles. The fourth-order valence-corrected chi connectivity index (χ4v) is 3.09. The summed E-state index contributed by atoms with van der Waals surface area (Å²) in [5.41, 5.74) is 0.273. The normalized spacial score (nSPS) is 18.4. The smallest absolute Gasteiger partial charge is 0.270 e. The van der Waals surface area contributed by atoms with Gasteiger partial charge in [0.15, 0.2) is 5.03 Å². The van der Waals surface area contributed by atoms with Crippen molar-refractivity contribution in [1.29, 1.82) is 0 Å². The zero-order valence-corrected chi connectivity index (χ0v) is 10.2. The van der Waals surface area contributed by atoms with Crippen molar-refractivity contribution in [2.75, 3.05) is 13.1 Å². The third-order valence-corrected chi connectivity index (χ3v) is 4.11. The van der Waals surface area contributed by atoms with Gasteiger partial charge < -0.3 is 5.11 Å². The molecule has 1 aliphatic rings. The van der Waals surface area contributed by atoms with Crippen molar-refractivity contribution in [3.05, 3.63) is 11.8 Å². The molecule has 0 bridgehead atoms. The summed E-state index contributed by atoms with van der Waals surface area (Å²) in [5.74, 6) is 0. The molecule has 0 spiro atoms. The van der Waals surface area contributed by atoms with Crippen LogP contribution in [0.5, 0.6) is 0 Å². The SMILES string of the molecule is O=S(=O)(NN1CCCCC1)c1[nH]ncc1CO. The molecule has 0 aromatic carbocycles. The van der Waals surface area contributed by atoms with E-state index < -0.39 is 10.0 Å². The minimum absolute atomic E-state index is 0.0643. The molecule has 17 heavy (non-hydrogen) atoms. The zero-order chi connectivity index (χ0) is 12.3. The van der Waals surface area contributed by atoms with Gasteiger partial charge in [0.05, 0.1) is 12.8 Å². The van der Waals surface area contributed by atoms with Crippen LogP contribution in [0.3, 0.4) is 0 Å². The van der Waals surface area contributed by atoms with Crippen molar-refractivity contribution in [2.24, 2.45) is 0 Å². The second-order valence-corrected chi connectivity index (χ2v) is 5.62. The summed E-state index contributed by atoms with van der Waals surface area (Å²) in [5, 5.41) is 16.7. The van der Waals surface area contributed by atoms with Gasteiger partial charge in [-0.2, -0.15) is 5.10 Å². The van der Waals surface area contributed by atoms with Gasteiger partial charge in [0, 0.05) is 18.7 Å². The van der Waals surface area contributed by atoms with E-state index in [0.717, 1.165) is 19.3 Å². The summed E-state index contributed by atoms with van der Waals surface area (Å²) >= 11 is 0. The highest BCUT2D eigenvalue weighted by Gasteiger charge is 2.23. The highest BCUT2D eigenvalue weighted by Crippen LogP contribution is 2.13. The zero-order valence-electron chi connectivity index (χ0n) is 9.39. The molecule has 1 fully saturated rings. The van der Waals surface area contributed by atoms with Crippen LogP contribution in [0, 0.1) is 0 Å². The molecular weight excluding hydrogens is 244 g/mol. The average Bonchev–Trinajstić information content (AvgIpc) is 2.78. The van der Waals surface area contributed by atoms with E-state index in [1.807, 2.05) is 0 Å². The highest BCUT2D eigenvalue weighted by atomic mass is 32.2. The van der Waals surface area contributed by atoms with Crippen molar-refractivity contribution in [2.45, 2.75) is 30.9 Å². The number of H-pyrrole nitrogens is 1. The topological polar surface area (TPSA) is 98.3 Å². The Kier molecular flexibility index (Phi) is 3.77. The van der Waals surface area contributed by atoms with Crippen LogP contribution in [-0.2, 0) is 16.6 Å². The average molecular weight is 260 g/mol. The molecule has 2 rings (SSSR count). The van der Waals surface area contributed by atoms with Gasteiger partial charge in [-0.3, -0.25) is 5.10 Å². The van der Waals surface area contributed by atoms with Crippen molar-refractivity contribution < 1.29 is 13.5 Å². The second kappa shape index (κ2) is 5.13. The van der Waals surface area contributed by atoms with Crippen LogP contribution in [0.4, 0.5) is 0 Å². The second-order valence-electron chi connectivity index (χ2n) is 4.02. The number of aromatic amines is 1. The maximum Gasteiger partial charge on any atom is 0.270 e. The Morgan fingerprint density at radius 2 is 2.12 bits per heavy atom. The van der Waals surface area contributed by atoms with Crippen LogP contribution < -0.4 is 4.83 Å². The number of hydrazine groups is 1. The van der Waals surface area contributed by atoms with E-state index in [4.69, 9.17) is 5.11 Å². The molecule has 96 valence electrons. The van der Waals surface area contributed by atoms with Gasteiger partial charge in [0.1, 0.15) is 0 Å². The standard InChI is InChI=1S/C9H16N4O3S/c14-7-8-6-10-11-9(8)17(15,16)12-13-4-2-1-3-5-13/h6,12,14H,1-5,7H2,(H,10,11). The van der Waals surface area contributed by atoms with Gasteiger partial charge in [0.25, 0.3) is 10.0 Å². The first-order chi connectivity index (χ1) is 8.13. The lowest BCUT2D eigenvalue weighted by atomic mass is 10.2. The van der Waals surface area contributed by atoms with Crippen LogP contribution in [0.1, 0.15) is 24.8 Å². The molecule has 7 nitrogen and oxygen atoms in total. The Hall–Kier alpha value is -0.960. The van der Waals surface area contributed by atoms with Crippen LogP contribution in [0.2, 0.25) is 0 Å². The number of nitrogens with zero attached hydrogens (tertiary/aromatic N) is 2. The van der Waals surface area contributed by atoms with Crippen LogP contribution in [0.25, 0.3) is 0 Å². The van der Waals surface area contributed by atoms with Gasteiger partial charge in [-0.15, -0.1) is 4.83 Å². The Bertz CT molecular complexity index is 464. The van der Waals surface area contributed by atoms with E-state index in [-0.39, 0.29) is 17.2 Å². The number of nitrogens with one attached hydrogen (secondary N) is 2. The summed E-state index contributed by atoms with van der Waals surface area (Å²) in [7, 11) is -3.66. The Balaban J connectivity index is 2.13. The summed E-state index contributed by atoms with van der Waals surface area (Å²) in [6.07, 6.45) is 4.41. The molecule has 3 N–H and O–H groups in total. The minimum atomic E-state index is -3.66. The Morgan fingerprint density at radius 3 is 2.76 bits per heavy atom. The first kappa shape index (κ1) is 12.5. The minimum Gasteiger partial charge on any atom is -0.392 e. The maximum absolute atomic E-state index is 12.0. The third-order valence-electron chi connectivity index (χ3n) is 2.72. The molecule has 0 radical (unpaired) electrons. The van der Waals surface area contributed by atoms with Gasteiger partial charge >= 0.3 is 0 Å². The molecule has 0 atom stereocenters. The van der Waals surface area contributed by atoms with Crippen LogP contribution in [0.15, 0.2) is 11.2 Å². The van der Waals surface area contributed by atoms with Gasteiger partial charge in [-0.1, -0.05) is 6.42 Å². The molecular formula is C9H16N4O3S. The van der Waals surface area contributed by atoms with E-state index in [0.29, 0.717) is 13.1 Å². The molecule has 1 aromatic heterocycles. The number of hydrogen-bond donors (Lipinski definition) is 3. The molecule has 0 aliphatic carbocycles. The fraction of sp³-hybridized carbons (Fsp3) is 0.667. The highest BCUT2D eigenvalue weighted by molar-refractivity contribution is 7.89. The predicted molar refractivity (Wildman–Crippen MR) is 60.3 cm³/mol.